The third-order valence-electron chi connectivity index (χ3n) is 3.21. The van der Waals surface area contributed by atoms with Gasteiger partial charge in [0.25, 0.3) is 0 Å². The first-order valence-corrected chi connectivity index (χ1v) is 7.42. The van der Waals surface area contributed by atoms with Gasteiger partial charge in [-0.25, -0.2) is 13.2 Å². The van der Waals surface area contributed by atoms with Crippen molar-refractivity contribution in [3.05, 3.63) is 69.4 Å². The first-order chi connectivity index (χ1) is 10.0. The van der Waals surface area contributed by atoms with E-state index in [1.54, 1.807) is 0 Å². The van der Waals surface area contributed by atoms with E-state index in [0.29, 0.717) is 18.5 Å². The molecule has 0 bridgehead atoms. The van der Waals surface area contributed by atoms with Crippen molar-refractivity contribution in [2.45, 2.75) is 19.4 Å². The van der Waals surface area contributed by atoms with Gasteiger partial charge >= 0.3 is 0 Å². The smallest absolute Gasteiger partial charge is 0.194 e. The van der Waals surface area contributed by atoms with Gasteiger partial charge in [0.05, 0.1) is 0 Å². The van der Waals surface area contributed by atoms with E-state index in [1.165, 1.54) is 0 Å². The van der Waals surface area contributed by atoms with Gasteiger partial charge in [0, 0.05) is 10.5 Å². The van der Waals surface area contributed by atoms with Crippen LogP contribution in [0.25, 0.3) is 0 Å². The summed E-state index contributed by atoms with van der Waals surface area (Å²) in [5, 5.41) is 3.17. The van der Waals surface area contributed by atoms with Crippen molar-refractivity contribution < 1.29 is 13.2 Å². The molecule has 0 radical (unpaired) electrons. The van der Waals surface area contributed by atoms with Crippen LogP contribution in [0.5, 0.6) is 0 Å². The second-order valence-corrected chi connectivity index (χ2v) is 5.66. The normalized spacial score (nSPS) is 12.4. The van der Waals surface area contributed by atoms with Crippen molar-refractivity contribution in [3.63, 3.8) is 0 Å². The molecule has 0 fully saturated rings. The third kappa shape index (κ3) is 4.08. The van der Waals surface area contributed by atoms with Crippen molar-refractivity contribution in [2.75, 3.05) is 6.54 Å². The highest BCUT2D eigenvalue weighted by Crippen LogP contribution is 2.23. The molecule has 1 unspecified atom stereocenters. The lowest BCUT2D eigenvalue weighted by molar-refractivity contribution is 0.439. The summed E-state index contributed by atoms with van der Waals surface area (Å²) >= 11 is 3.36. The topological polar surface area (TPSA) is 12.0 Å². The van der Waals surface area contributed by atoms with Crippen molar-refractivity contribution in [1.29, 1.82) is 0 Å². The summed E-state index contributed by atoms with van der Waals surface area (Å²) in [5.74, 6) is -3.76. The van der Waals surface area contributed by atoms with Crippen molar-refractivity contribution in [1.82, 2.24) is 5.32 Å². The van der Waals surface area contributed by atoms with E-state index in [9.17, 15) is 13.2 Å². The van der Waals surface area contributed by atoms with Gasteiger partial charge in [-0.3, -0.25) is 0 Å². The van der Waals surface area contributed by atoms with Gasteiger partial charge in [0.1, 0.15) is 0 Å². The second-order valence-electron chi connectivity index (χ2n) is 4.74. The van der Waals surface area contributed by atoms with Gasteiger partial charge in [-0.05, 0) is 48.4 Å². The van der Waals surface area contributed by atoms with E-state index in [4.69, 9.17) is 0 Å². The van der Waals surface area contributed by atoms with Gasteiger partial charge in [0.15, 0.2) is 17.5 Å². The van der Waals surface area contributed by atoms with Crippen LogP contribution in [0.4, 0.5) is 13.2 Å². The zero-order valence-corrected chi connectivity index (χ0v) is 13.1. The van der Waals surface area contributed by atoms with Gasteiger partial charge in [-0.15, -0.1) is 0 Å². The molecule has 1 N–H and O–H groups in total. The van der Waals surface area contributed by atoms with Crippen LogP contribution in [0.15, 0.2) is 40.9 Å². The highest BCUT2D eigenvalue weighted by atomic mass is 79.9. The molecular formula is C16H15BrF3N. The number of hydrogen-bond donors (Lipinski definition) is 1. The summed E-state index contributed by atoms with van der Waals surface area (Å²) in [6.45, 7) is 2.55. The Morgan fingerprint density at radius 2 is 1.62 bits per heavy atom. The molecule has 2 aromatic rings. The average molecular weight is 358 g/mol. The Bertz CT molecular complexity index is 590. The largest absolute Gasteiger partial charge is 0.310 e. The van der Waals surface area contributed by atoms with E-state index >= 15 is 0 Å². The zero-order valence-electron chi connectivity index (χ0n) is 11.5. The SMILES string of the molecule is CCNC(Cc1ccc(Br)cc1)c1cc(F)c(F)c(F)c1. The molecule has 0 saturated carbocycles. The maximum atomic E-state index is 13.4. The fourth-order valence-electron chi connectivity index (χ4n) is 2.19. The molecule has 2 aromatic carbocycles. The predicted molar refractivity (Wildman–Crippen MR) is 80.6 cm³/mol. The molecule has 0 aliphatic carbocycles. The van der Waals surface area contributed by atoms with Crippen LogP contribution < -0.4 is 5.32 Å². The van der Waals surface area contributed by atoms with Gasteiger partial charge in [0.2, 0.25) is 0 Å². The highest BCUT2D eigenvalue weighted by Gasteiger charge is 2.17. The maximum absolute atomic E-state index is 13.4. The van der Waals surface area contributed by atoms with Crippen LogP contribution in [0, 0.1) is 17.5 Å². The van der Waals surface area contributed by atoms with Crippen molar-refractivity contribution >= 4 is 15.9 Å². The van der Waals surface area contributed by atoms with Crippen molar-refractivity contribution in [3.8, 4) is 0 Å². The predicted octanol–water partition coefficient (Wildman–Crippen LogP) is 4.76. The lowest BCUT2D eigenvalue weighted by atomic mass is 9.98. The zero-order chi connectivity index (χ0) is 15.4. The van der Waals surface area contributed by atoms with Gasteiger partial charge < -0.3 is 5.32 Å². The minimum absolute atomic E-state index is 0.277. The molecule has 2 rings (SSSR count). The van der Waals surface area contributed by atoms with Crippen LogP contribution in [0.3, 0.4) is 0 Å². The fourth-order valence-corrected chi connectivity index (χ4v) is 2.45. The van der Waals surface area contributed by atoms with Crippen LogP contribution >= 0.6 is 15.9 Å². The standard InChI is InChI=1S/C16H15BrF3N/c1-2-21-15(7-10-3-5-12(17)6-4-10)11-8-13(18)16(20)14(19)9-11/h3-6,8-9,15,21H,2,7H2,1H3. The fraction of sp³-hybridized carbons (Fsp3) is 0.250. The average Bonchev–Trinajstić information content (AvgIpc) is 2.46. The maximum Gasteiger partial charge on any atom is 0.194 e. The number of halogens is 4. The molecule has 0 aromatic heterocycles. The number of rotatable bonds is 5. The molecule has 0 aliphatic rings. The summed E-state index contributed by atoms with van der Waals surface area (Å²) in [5.41, 5.74) is 1.42. The number of nitrogens with one attached hydrogen (secondary N) is 1. The van der Waals surface area contributed by atoms with E-state index in [2.05, 4.69) is 21.2 Å². The first-order valence-electron chi connectivity index (χ1n) is 6.63. The Morgan fingerprint density at radius 3 is 2.14 bits per heavy atom. The molecule has 1 atom stereocenters. The summed E-state index contributed by atoms with van der Waals surface area (Å²) in [4.78, 5) is 0. The van der Waals surface area contributed by atoms with Crippen molar-refractivity contribution in [2.24, 2.45) is 0 Å². The van der Waals surface area contributed by atoms with Crippen LogP contribution in [0.1, 0.15) is 24.1 Å². The van der Waals surface area contributed by atoms with Crippen LogP contribution in [0.2, 0.25) is 0 Å². The van der Waals surface area contributed by atoms with E-state index in [-0.39, 0.29) is 6.04 Å². The Kier molecular flexibility index (Phi) is 5.42. The summed E-state index contributed by atoms with van der Waals surface area (Å²) in [6, 6.07) is 9.50. The molecule has 0 spiro atoms. The third-order valence-corrected chi connectivity index (χ3v) is 3.74. The first kappa shape index (κ1) is 16.0. The van der Waals surface area contributed by atoms with E-state index in [0.717, 1.165) is 22.2 Å². The minimum Gasteiger partial charge on any atom is -0.310 e. The summed E-state index contributed by atoms with van der Waals surface area (Å²) in [6.07, 6.45) is 0.561. The lowest BCUT2D eigenvalue weighted by Gasteiger charge is -2.19. The van der Waals surface area contributed by atoms with E-state index < -0.39 is 17.5 Å². The van der Waals surface area contributed by atoms with Crippen LogP contribution in [-0.2, 0) is 6.42 Å². The van der Waals surface area contributed by atoms with E-state index in [1.807, 2.05) is 31.2 Å². The molecule has 0 aliphatic heterocycles. The molecule has 0 amide bonds. The van der Waals surface area contributed by atoms with Crippen LogP contribution in [-0.4, -0.2) is 6.54 Å². The highest BCUT2D eigenvalue weighted by molar-refractivity contribution is 9.10. The molecule has 5 heteroatoms. The Labute approximate surface area is 130 Å². The molecular weight excluding hydrogens is 343 g/mol. The Morgan fingerprint density at radius 1 is 1.05 bits per heavy atom. The monoisotopic (exact) mass is 357 g/mol. The second kappa shape index (κ2) is 7.09. The van der Waals surface area contributed by atoms with Gasteiger partial charge in [-0.1, -0.05) is 35.0 Å². The molecule has 112 valence electrons. The lowest BCUT2D eigenvalue weighted by Crippen LogP contribution is -2.23. The number of benzene rings is 2. The molecule has 21 heavy (non-hydrogen) atoms. The quantitative estimate of drug-likeness (QED) is 0.760. The Balaban J connectivity index is 2.28. The summed E-state index contributed by atoms with van der Waals surface area (Å²) in [7, 11) is 0. The molecule has 0 saturated heterocycles. The Hall–Kier alpha value is -1.33. The summed E-state index contributed by atoms with van der Waals surface area (Å²) < 4.78 is 40.8. The minimum atomic E-state index is -1.43. The van der Waals surface area contributed by atoms with Gasteiger partial charge in [-0.2, -0.15) is 0 Å². The number of likely N-dealkylation sites (N-methyl/N-ethyl adjacent to an activating group) is 1. The molecule has 0 heterocycles. The number of hydrogen-bond acceptors (Lipinski definition) is 1. The molecule has 1 nitrogen and oxygen atoms in total.